The molecule has 1 atom stereocenters. The number of hydrogen-bond acceptors (Lipinski definition) is 6. The SMILES string of the molecule is CCCC(c1nnnn1Cc1ccco1)N(Cc1ccc(C)cc1)Cc1cc2cc(C)ccc2[nH]c1=O. The molecular formula is C29H32N6O2. The Kier molecular flexibility index (Phi) is 7.28. The number of H-pyrrole nitrogens is 1. The van der Waals surface area contributed by atoms with E-state index in [0.717, 1.165) is 46.5 Å². The quantitative estimate of drug-likeness (QED) is 0.281. The molecular weight excluding hydrogens is 464 g/mol. The van der Waals surface area contributed by atoms with E-state index in [9.17, 15) is 4.79 Å². The molecule has 5 rings (SSSR count). The number of aromatic amines is 1. The molecule has 0 saturated heterocycles. The molecule has 0 aliphatic carbocycles. The van der Waals surface area contributed by atoms with Gasteiger partial charge in [-0.25, -0.2) is 4.68 Å². The van der Waals surface area contributed by atoms with Crippen molar-refractivity contribution < 1.29 is 4.42 Å². The Morgan fingerprint density at radius 3 is 2.59 bits per heavy atom. The molecule has 3 heterocycles. The van der Waals surface area contributed by atoms with Gasteiger partial charge in [0.15, 0.2) is 5.82 Å². The predicted molar refractivity (Wildman–Crippen MR) is 143 cm³/mol. The molecule has 0 aliphatic heterocycles. The molecule has 0 spiro atoms. The molecule has 190 valence electrons. The van der Waals surface area contributed by atoms with E-state index in [-0.39, 0.29) is 11.6 Å². The Labute approximate surface area is 215 Å². The summed E-state index contributed by atoms with van der Waals surface area (Å²) in [6.45, 7) is 7.87. The lowest BCUT2D eigenvalue weighted by atomic mass is 10.0. The minimum absolute atomic E-state index is 0.0734. The van der Waals surface area contributed by atoms with Crippen molar-refractivity contribution >= 4 is 10.9 Å². The molecule has 0 saturated carbocycles. The van der Waals surface area contributed by atoms with E-state index in [1.54, 1.807) is 10.9 Å². The van der Waals surface area contributed by atoms with Crippen LogP contribution in [0.4, 0.5) is 0 Å². The maximum Gasteiger partial charge on any atom is 0.252 e. The molecule has 2 aromatic carbocycles. The average Bonchev–Trinajstić information content (AvgIpc) is 3.57. The second kappa shape index (κ2) is 10.9. The smallest absolute Gasteiger partial charge is 0.252 e. The molecule has 1 unspecified atom stereocenters. The van der Waals surface area contributed by atoms with Crippen LogP contribution in [0.2, 0.25) is 0 Å². The van der Waals surface area contributed by atoms with Crippen molar-refractivity contribution in [2.24, 2.45) is 0 Å². The molecule has 8 nitrogen and oxygen atoms in total. The summed E-state index contributed by atoms with van der Waals surface area (Å²) in [5, 5.41) is 13.8. The van der Waals surface area contributed by atoms with Crippen LogP contribution in [-0.2, 0) is 19.6 Å². The van der Waals surface area contributed by atoms with Gasteiger partial charge in [0.1, 0.15) is 12.3 Å². The molecule has 3 aromatic heterocycles. The number of tetrazole rings is 1. The number of nitrogens with one attached hydrogen (secondary N) is 1. The first-order chi connectivity index (χ1) is 18.0. The number of furan rings is 1. The van der Waals surface area contributed by atoms with Crippen LogP contribution in [-0.4, -0.2) is 30.1 Å². The predicted octanol–water partition coefficient (Wildman–Crippen LogP) is 5.32. The second-order valence-electron chi connectivity index (χ2n) is 9.68. The Bertz CT molecular complexity index is 1520. The van der Waals surface area contributed by atoms with Crippen molar-refractivity contribution in [1.29, 1.82) is 0 Å². The van der Waals surface area contributed by atoms with Crippen LogP contribution in [0.1, 0.15) is 59.6 Å². The van der Waals surface area contributed by atoms with Gasteiger partial charge in [-0.15, -0.1) is 5.10 Å². The van der Waals surface area contributed by atoms with E-state index < -0.39 is 0 Å². The lowest BCUT2D eigenvalue weighted by Crippen LogP contribution is -2.32. The first kappa shape index (κ1) is 24.6. The van der Waals surface area contributed by atoms with Gasteiger partial charge >= 0.3 is 0 Å². The first-order valence-electron chi connectivity index (χ1n) is 12.7. The van der Waals surface area contributed by atoms with Crippen LogP contribution in [0.5, 0.6) is 0 Å². The lowest BCUT2D eigenvalue weighted by molar-refractivity contribution is 0.155. The van der Waals surface area contributed by atoms with E-state index in [0.29, 0.717) is 19.6 Å². The largest absolute Gasteiger partial charge is 0.467 e. The third-order valence-corrected chi connectivity index (χ3v) is 6.70. The zero-order chi connectivity index (χ0) is 25.8. The summed E-state index contributed by atoms with van der Waals surface area (Å²) in [6.07, 6.45) is 3.44. The zero-order valence-corrected chi connectivity index (χ0v) is 21.5. The van der Waals surface area contributed by atoms with Crippen LogP contribution in [0, 0.1) is 13.8 Å². The number of nitrogens with zero attached hydrogens (tertiary/aromatic N) is 5. The number of pyridine rings is 1. The fraction of sp³-hybridized carbons (Fsp3) is 0.310. The summed E-state index contributed by atoms with van der Waals surface area (Å²) in [4.78, 5) is 18.5. The number of aromatic nitrogens is 5. The lowest BCUT2D eigenvalue weighted by Gasteiger charge is -2.31. The van der Waals surface area contributed by atoms with Gasteiger partial charge in [-0.05, 0) is 72.0 Å². The monoisotopic (exact) mass is 496 g/mol. The fourth-order valence-corrected chi connectivity index (χ4v) is 4.77. The Morgan fingerprint density at radius 1 is 1.03 bits per heavy atom. The molecule has 0 bridgehead atoms. The van der Waals surface area contributed by atoms with Gasteiger partial charge in [0.25, 0.3) is 5.56 Å². The van der Waals surface area contributed by atoms with Crippen LogP contribution in [0.3, 0.4) is 0 Å². The Balaban J connectivity index is 1.54. The van der Waals surface area contributed by atoms with Gasteiger partial charge in [-0.1, -0.05) is 54.8 Å². The van der Waals surface area contributed by atoms with Gasteiger partial charge in [0.2, 0.25) is 0 Å². The summed E-state index contributed by atoms with van der Waals surface area (Å²) >= 11 is 0. The van der Waals surface area contributed by atoms with Crippen molar-refractivity contribution in [3.63, 3.8) is 0 Å². The van der Waals surface area contributed by atoms with E-state index in [1.807, 2.05) is 30.3 Å². The summed E-state index contributed by atoms with van der Waals surface area (Å²) < 4.78 is 7.36. The number of rotatable bonds is 10. The highest BCUT2D eigenvalue weighted by Crippen LogP contribution is 2.28. The third kappa shape index (κ3) is 5.70. The summed E-state index contributed by atoms with van der Waals surface area (Å²) in [5.41, 5.74) is 5.03. The fourth-order valence-electron chi connectivity index (χ4n) is 4.77. The number of aryl methyl sites for hydroxylation is 2. The Morgan fingerprint density at radius 2 is 1.84 bits per heavy atom. The standard InChI is InChI=1S/C29H32N6O2/c1-4-6-27(28-31-32-33-35(28)19-25-7-5-14-37-25)34(17-22-11-8-20(2)9-12-22)18-24-16-23-15-21(3)10-13-26(23)30-29(24)36/h5,7-16,27H,4,6,17-19H2,1-3H3,(H,30,36). The highest BCUT2D eigenvalue weighted by atomic mass is 16.3. The van der Waals surface area contributed by atoms with Crippen molar-refractivity contribution in [2.45, 2.75) is 59.3 Å². The van der Waals surface area contributed by atoms with E-state index in [1.165, 1.54) is 11.1 Å². The molecule has 0 fully saturated rings. The Hall–Kier alpha value is -4.04. The first-order valence-corrected chi connectivity index (χ1v) is 12.7. The molecule has 0 aliphatic rings. The van der Waals surface area contributed by atoms with Crippen molar-refractivity contribution in [1.82, 2.24) is 30.1 Å². The number of benzene rings is 2. The third-order valence-electron chi connectivity index (χ3n) is 6.70. The van der Waals surface area contributed by atoms with Crippen molar-refractivity contribution in [2.75, 3.05) is 0 Å². The second-order valence-corrected chi connectivity index (χ2v) is 9.68. The van der Waals surface area contributed by atoms with Gasteiger partial charge in [-0.3, -0.25) is 9.69 Å². The highest BCUT2D eigenvalue weighted by Gasteiger charge is 2.27. The van der Waals surface area contributed by atoms with E-state index in [4.69, 9.17) is 4.42 Å². The van der Waals surface area contributed by atoms with Crippen molar-refractivity contribution in [3.05, 3.63) is 111 Å². The van der Waals surface area contributed by atoms with Crippen LogP contribution in [0.15, 0.2) is 76.1 Å². The molecule has 1 N–H and O–H groups in total. The van der Waals surface area contributed by atoms with E-state index in [2.05, 4.69) is 76.5 Å². The number of hydrogen-bond donors (Lipinski definition) is 1. The van der Waals surface area contributed by atoms with Crippen molar-refractivity contribution in [3.8, 4) is 0 Å². The maximum atomic E-state index is 13.2. The summed E-state index contributed by atoms with van der Waals surface area (Å²) in [6, 6.07) is 20.3. The molecule has 0 radical (unpaired) electrons. The molecule has 8 heteroatoms. The average molecular weight is 497 g/mol. The van der Waals surface area contributed by atoms with Crippen LogP contribution < -0.4 is 5.56 Å². The minimum Gasteiger partial charge on any atom is -0.467 e. The van der Waals surface area contributed by atoms with Gasteiger partial charge in [0.05, 0.1) is 12.3 Å². The zero-order valence-electron chi connectivity index (χ0n) is 21.5. The summed E-state index contributed by atoms with van der Waals surface area (Å²) in [7, 11) is 0. The molecule has 5 aromatic rings. The highest BCUT2D eigenvalue weighted by molar-refractivity contribution is 5.79. The molecule has 37 heavy (non-hydrogen) atoms. The number of fused-ring (bicyclic) bond motifs is 1. The molecule has 0 amide bonds. The van der Waals surface area contributed by atoms with Gasteiger partial charge in [0, 0.05) is 24.2 Å². The van der Waals surface area contributed by atoms with Gasteiger partial charge in [-0.2, -0.15) is 0 Å². The van der Waals surface area contributed by atoms with Crippen LogP contribution in [0.25, 0.3) is 10.9 Å². The summed E-state index contributed by atoms with van der Waals surface area (Å²) in [5.74, 6) is 1.55. The van der Waals surface area contributed by atoms with Crippen LogP contribution >= 0.6 is 0 Å². The topological polar surface area (TPSA) is 92.8 Å². The minimum atomic E-state index is -0.0936. The van der Waals surface area contributed by atoms with E-state index >= 15 is 0 Å². The van der Waals surface area contributed by atoms with Gasteiger partial charge < -0.3 is 9.40 Å². The normalized spacial score (nSPS) is 12.4. The maximum absolute atomic E-state index is 13.2.